The van der Waals surface area contributed by atoms with E-state index in [1.807, 2.05) is 13.0 Å². The third-order valence-corrected chi connectivity index (χ3v) is 7.90. The molecule has 1 heterocycles. The van der Waals surface area contributed by atoms with Crippen molar-refractivity contribution in [2.75, 3.05) is 25.5 Å². The number of hydrogen-bond acceptors (Lipinski definition) is 7. The molecule has 2 aromatic rings. The summed E-state index contributed by atoms with van der Waals surface area (Å²) in [5, 5.41) is 12.3. The molecule has 0 atom stereocenters. The summed E-state index contributed by atoms with van der Waals surface area (Å²) in [7, 11) is -2.40. The largest absolute Gasteiger partial charge is 0.465 e. The minimum absolute atomic E-state index is 0.111. The summed E-state index contributed by atoms with van der Waals surface area (Å²) in [6.07, 6.45) is 1.65. The van der Waals surface area contributed by atoms with Gasteiger partial charge in [0.15, 0.2) is 0 Å². The Morgan fingerprint density at radius 2 is 1.87 bits per heavy atom. The van der Waals surface area contributed by atoms with E-state index in [2.05, 4.69) is 5.32 Å². The van der Waals surface area contributed by atoms with E-state index in [4.69, 9.17) is 4.74 Å². The fourth-order valence-corrected chi connectivity index (χ4v) is 5.47. The van der Waals surface area contributed by atoms with E-state index >= 15 is 0 Å². The zero-order valence-corrected chi connectivity index (χ0v) is 19.5. The van der Waals surface area contributed by atoms with Crippen molar-refractivity contribution >= 4 is 38.2 Å². The Morgan fingerprint density at radius 1 is 1.23 bits per heavy atom. The van der Waals surface area contributed by atoms with Crippen LogP contribution in [-0.4, -0.2) is 44.8 Å². The van der Waals surface area contributed by atoms with Crippen LogP contribution in [0, 0.1) is 18.3 Å². The number of thiophene rings is 1. The van der Waals surface area contributed by atoms with E-state index in [1.165, 1.54) is 35.7 Å². The van der Waals surface area contributed by atoms with Crippen molar-refractivity contribution < 1.29 is 22.7 Å². The van der Waals surface area contributed by atoms with Gasteiger partial charge in [-0.05, 0) is 43.2 Å². The summed E-state index contributed by atoms with van der Waals surface area (Å²) < 4.78 is 31.7. The topological polar surface area (TPSA) is 117 Å². The summed E-state index contributed by atoms with van der Waals surface area (Å²) in [6.45, 7) is 6.19. The first-order valence-electron chi connectivity index (χ1n) is 9.74. The number of esters is 1. The summed E-state index contributed by atoms with van der Waals surface area (Å²) in [5.41, 5.74) is 0.848. The fraction of sp³-hybridized carbons (Fsp3) is 0.381. The molecule has 8 nitrogen and oxygen atoms in total. The molecule has 0 bridgehead atoms. The SMILES string of the molecule is CCCCN(CC)S(=O)(=O)c1ccc(C(=O)Nc2sc(C(=O)OC)c(C)c2C#N)cc1. The fourth-order valence-electron chi connectivity index (χ4n) is 2.91. The van der Waals surface area contributed by atoms with Gasteiger partial charge in [-0.25, -0.2) is 13.2 Å². The summed E-state index contributed by atoms with van der Waals surface area (Å²) in [4.78, 5) is 24.8. The summed E-state index contributed by atoms with van der Waals surface area (Å²) in [6, 6.07) is 7.61. The number of nitrogens with one attached hydrogen (secondary N) is 1. The van der Waals surface area contributed by atoms with Gasteiger partial charge in [0.1, 0.15) is 15.9 Å². The van der Waals surface area contributed by atoms with Crippen LogP contribution in [0.3, 0.4) is 0 Å². The average molecular weight is 464 g/mol. The average Bonchev–Trinajstić information content (AvgIpc) is 3.08. The molecule has 0 unspecified atom stereocenters. The van der Waals surface area contributed by atoms with E-state index in [9.17, 15) is 23.3 Å². The van der Waals surface area contributed by atoms with E-state index in [1.54, 1.807) is 13.8 Å². The molecule has 166 valence electrons. The minimum Gasteiger partial charge on any atom is -0.465 e. The highest BCUT2D eigenvalue weighted by Crippen LogP contribution is 2.33. The molecule has 0 fully saturated rings. The predicted octanol–water partition coefficient (Wildman–Crippen LogP) is 3.78. The Bertz CT molecular complexity index is 1100. The van der Waals surface area contributed by atoms with Crippen LogP contribution in [0.1, 0.15) is 57.8 Å². The van der Waals surface area contributed by atoms with Crippen molar-refractivity contribution in [3.8, 4) is 6.07 Å². The number of methoxy groups -OCH3 is 1. The Hall–Kier alpha value is -2.74. The van der Waals surface area contributed by atoms with Gasteiger partial charge < -0.3 is 10.1 Å². The number of anilines is 1. The Labute approximate surface area is 186 Å². The highest BCUT2D eigenvalue weighted by Gasteiger charge is 2.24. The van der Waals surface area contributed by atoms with Crippen LogP contribution in [0.2, 0.25) is 0 Å². The van der Waals surface area contributed by atoms with Gasteiger partial charge in [0.25, 0.3) is 5.91 Å². The first-order valence-corrected chi connectivity index (χ1v) is 12.0. The second-order valence-corrected chi connectivity index (χ2v) is 9.65. The molecule has 0 saturated heterocycles. The minimum atomic E-state index is -3.64. The lowest BCUT2D eigenvalue weighted by molar-refractivity contribution is 0.0605. The van der Waals surface area contributed by atoms with Crippen molar-refractivity contribution in [2.24, 2.45) is 0 Å². The maximum absolute atomic E-state index is 12.8. The lowest BCUT2D eigenvalue weighted by Crippen LogP contribution is -2.31. The molecule has 0 spiro atoms. The van der Waals surface area contributed by atoms with Gasteiger partial charge in [-0.15, -0.1) is 11.3 Å². The quantitative estimate of drug-likeness (QED) is 0.566. The normalized spacial score (nSPS) is 11.2. The third-order valence-electron chi connectivity index (χ3n) is 4.72. The highest BCUT2D eigenvalue weighted by atomic mass is 32.2. The maximum Gasteiger partial charge on any atom is 0.348 e. The molecular formula is C21H25N3O5S2. The van der Waals surface area contributed by atoms with Crippen LogP contribution in [0.15, 0.2) is 29.2 Å². The molecular weight excluding hydrogens is 438 g/mol. The van der Waals surface area contributed by atoms with Crippen LogP contribution in [0.5, 0.6) is 0 Å². The zero-order valence-electron chi connectivity index (χ0n) is 17.9. The number of carbonyl (C=O) groups excluding carboxylic acids is 2. The molecule has 0 aliphatic carbocycles. The van der Waals surface area contributed by atoms with Crippen molar-refractivity contribution in [3.05, 3.63) is 45.8 Å². The number of nitrogens with zero attached hydrogens (tertiary/aromatic N) is 2. The van der Waals surface area contributed by atoms with Gasteiger partial charge in [0.2, 0.25) is 10.0 Å². The van der Waals surface area contributed by atoms with Gasteiger partial charge in [0.05, 0.1) is 17.6 Å². The summed E-state index contributed by atoms with van der Waals surface area (Å²) in [5.74, 6) is -1.10. The van der Waals surface area contributed by atoms with Gasteiger partial charge in [-0.3, -0.25) is 4.79 Å². The van der Waals surface area contributed by atoms with E-state index in [0.29, 0.717) is 18.7 Å². The van der Waals surface area contributed by atoms with Crippen LogP contribution < -0.4 is 5.32 Å². The number of benzene rings is 1. The van der Waals surface area contributed by atoms with Crippen molar-refractivity contribution in [1.29, 1.82) is 5.26 Å². The number of sulfonamides is 1. The number of rotatable bonds is 9. The second-order valence-electron chi connectivity index (χ2n) is 6.69. The molecule has 1 aromatic carbocycles. The molecule has 0 aliphatic heterocycles. The molecule has 10 heteroatoms. The van der Waals surface area contributed by atoms with Crippen LogP contribution in [-0.2, 0) is 14.8 Å². The van der Waals surface area contributed by atoms with E-state index < -0.39 is 21.9 Å². The zero-order chi connectivity index (χ0) is 23.2. The first kappa shape index (κ1) is 24.5. The number of unbranched alkanes of at least 4 members (excludes halogenated alkanes) is 1. The smallest absolute Gasteiger partial charge is 0.348 e. The predicted molar refractivity (Wildman–Crippen MR) is 119 cm³/mol. The van der Waals surface area contributed by atoms with Crippen LogP contribution in [0.25, 0.3) is 0 Å². The standard InChI is InChI=1S/C21H25N3O5S2/c1-5-7-12-24(6-2)31(27,28)16-10-8-15(9-11-16)19(25)23-20-17(13-22)14(3)18(30-20)21(26)29-4/h8-11H,5-7,12H2,1-4H3,(H,23,25). The number of nitriles is 1. The molecule has 2 rings (SSSR count). The molecule has 1 N–H and O–H groups in total. The second kappa shape index (κ2) is 10.5. The van der Waals surface area contributed by atoms with Crippen molar-refractivity contribution in [2.45, 2.75) is 38.5 Å². The molecule has 1 aromatic heterocycles. The van der Waals surface area contributed by atoms with Crippen molar-refractivity contribution in [1.82, 2.24) is 4.31 Å². The van der Waals surface area contributed by atoms with Crippen LogP contribution in [0.4, 0.5) is 5.00 Å². The van der Waals surface area contributed by atoms with Gasteiger partial charge >= 0.3 is 5.97 Å². The third kappa shape index (κ3) is 5.31. The highest BCUT2D eigenvalue weighted by molar-refractivity contribution is 7.89. The van der Waals surface area contributed by atoms with Gasteiger partial charge in [-0.2, -0.15) is 9.57 Å². The Balaban J connectivity index is 2.26. The van der Waals surface area contributed by atoms with Gasteiger partial charge in [0, 0.05) is 18.7 Å². The van der Waals surface area contributed by atoms with E-state index in [-0.39, 0.29) is 25.9 Å². The molecule has 0 radical (unpaired) electrons. The van der Waals surface area contributed by atoms with E-state index in [0.717, 1.165) is 24.2 Å². The lowest BCUT2D eigenvalue weighted by atomic mass is 10.1. The molecule has 0 aliphatic rings. The van der Waals surface area contributed by atoms with Crippen molar-refractivity contribution in [3.63, 3.8) is 0 Å². The summed E-state index contributed by atoms with van der Waals surface area (Å²) >= 11 is 0.957. The lowest BCUT2D eigenvalue weighted by Gasteiger charge is -2.20. The van der Waals surface area contributed by atoms with Gasteiger partial charge in [-0.1, -0.05) is 20.3 Å². The Kier molecular flexibility index (Phi) is 8.33. The number of amides is 1. The molecule has 0 saturated carbocycles. The number of ether oxygens (including phenoxy) is 1. The first-order chi connectivity index (χ1) is 14.7. The molecule has 1 amide bonds. The number of carbonyl (C=O) groups is 2. The maximum atomic E-state index is 12.8. The molecule has 31 heavy (non-hydrogen) atoms. The Morgan fingerprint density at radius 3 is 2.39 bits per heavy atom. The number of hydrogen-bond donors (Lipinski definition) is 1. The van der Waals surface area contributed by atoms with Crippen LogP contribution >= 0.6 is 11.3 Å². The monoisotopic (exact) mass is 463 g/mol.